The van der Waals surface area contributed by atoms with Crippen molar-refractivity contribution in [2.24, 2.45) is 5.92 Å². The normalized spacial score (nSPS) is 11.8. The Hall–Kier alpha value is -1.52. The molecule has 0 bridgehead atoms. The Kier molecular flexibility index (Phi) is 5.60. The molecule has 1 aromatic rings. The fourth-order valence-electron chi connectivity index (χ4n) is 1.76. The van der Waals surface area contributed by atoms with Gasteiger partial charge in [-0.3, -0.25) is 4.79 Å². The zero-order chi connectivity index (χ0) is 15.3. The Morgan fingerprint density at radius 2 is 1.75 bits per heavy atom. The molecule has 0 aliphatic heterocycles. The number of rotatable bonds is 5. The number of benzene rings is 1. The molecule has 0 unspecified atom stereocenters. The van der Waals surface area contributed by atoms with Crippen LogP contribution >= 0.6 is 0 Å². The van der Waals surface area contributed by atoms with Gasteiger partial charge in [-0.2, -0.15) is 13.2 Å². The first-order valence-corrected chi connectivity index (χ1v) is 6.60. The molecular formula is C15H20F3NO. The lowest BCUT2D eigenvalue weighted by Gasteiger charge is -2.18. The molecule has 0 radical (unpaired) electrons. The summed E-state index contributed by atoms with van der Waals surface area (Å²) in [7, 11) is 1.67. The maximum absolute atomic E-state index is 12.4. The zero-order valence-electron chi connectivity index (χ0n) is 12.0. The Bertz CT molecular complexity index is 437. The van der Waals surface area contributed by atoms with Crippen molar-refractivity contribution in [3.63, 3.8) is 0 Å². The van der Waals surface area contributed by atoms with Crippen molar-refractivity contribution in [2.75, 3.05) is 7.05 Å². The predicted octanol–water partition coefficient (Wildman–Crippen LogP) is 4.10. The molecule has 0 aliphatic rings. The van der Waals surface area contributed by atoms with E-state index in [4.69, 9.17) is 0 Å². The van der Waals surface area contributed by atoms with E-state index in [0.29, 0.717) is 24.4 Å². The van der Waals surface area contributed by atoms with Crippen molar-refractivity contribution < 1.29 is 18.0 Å². The topological polar surface area (TPSA) is 20.3 Å². The first-order chi connectivity index (χ1) is 9.20. The molecule has 1 amide bonds. The van der Waals surface area contributed by atoms with Gasteiger partial charge in [0.05, 0.1) is 5.56 Å². The summed E-state index contributed by atoms with van der Waals surface area (Å²) in [5, 5.41) is 0. The fraction of sp³-hybridized carbons (Fsp3) is 0.533. The highest BCUT2D eigenvalue weighted by Crippen LogP contribution is 2.29. The third-order valence-corrected chi connectivity index (χ3v) is 3.06. The molecule has 0 spiro atoms. The van der Waals surface area contributed by atoms with Crippen molar-refractivity contribution in [1.29, 1.82) is 0 Å². The molecule has 112 valence electrons. The van der Waals surface area contributed by atoms with Crippen molar-refractivity contribution in [1.82, 2.24) is 4.90 Å². The van der Waals surface area contributed by atoms with E-state index in [-0.39, 0.29) is 5.91 Å². The second-order valence-electron chi connectivity index (χ2n) is 5.38. The monoisotopic (exact) mass is 287 g/mol. The van der Waals surface area contributed by atoms with Crippen LogP contribution in [0, 0.1) is 5.92 Å². The number of hydrogen-bond donors (Lipinski definition) is 0. The smallest absolute Gasteiger partial charge is 0.341 e. The van der Waals surface area contributed by atoms with Crippen LogP contribution in [0.25, 0.3) is 0 Å². The van der Waals surface area contributed by atoms with Crippen LogP contribution in [0.15, 0.2) is 24.3 Å². The third-order valence-electron chi connectivity index (χ3n) is 3.06. The second-order valence-corrected chi connectivity index (χ2v) is 5.38. The van der Waals surface area contributed by atoms with Crippen LogP contribution in [-0.4, -0.2) is 17.9 Å². The van der Waals surface area contributed by atoms with E-state index in [2.05, 4.69) is 0 Å². The highest BCUT2D eigenvalue weighted by atomic mass is 19.4. The van der Waals surface area contributed by atoms with Crippen LogP contribution in [-0.2, 0) is 17.5 Å². The summed E-state index contributed by atoms with van der Waals surface area (Å²) in [6, 6.07) is 4.91. The summed E-state index contributed by atoms with van der Waals surface area (Å²) in [6.45, 7) is 4.42. The van der Waals surface area contributed by atoms with Crippen LogP contribution in [0.3, 0.4) is 0 Å². The summed E-state index contributed by atoms with van der Waals surface area (Å²) in [5.41, 5.74) is 0.0217. The third kappa shape index (κ3) is 5.23. The number of alkyl halides is 3. The Labute approximate surface area is 117 Å². The van der Waals surface area contributed by atoms with Crippen LogP contribution in [0.1, 0.15) is 37.8 Å². The minimum absolute atomic E-state index is 0.0126. The molecule has 0 N–H and O–H groups in total. The lowest BCUT2D eigenvalue weighted by atomic mass is 10.1. The molecular weight excluding hydrogens is 267 g/mol. The largest absolute Gasteiger partial charge is 0.416 e. The van der Waals surface area contributed by atoms with E-state index in [1.807, 2.05) is 13.8 Å². The van der Waals surface area contributed by atoms with Gasteiger partial charge < -0.3 is 4.90 Å². The van der Waals surface area contributed by atoms with Gasteiger partial charge in [-0.25, -0.2) is 0 Å². The molecule has 5 heteroatoms. The van der Waals surface area contributed by atoms with Crippen LogP contribution in [0.2, 0.25) is 0 Å². The van der Waals surface area contributed by atoms with E-state index in [0.717, 1.165) is 18.6 Å². The predicted molar refractivity (Wildman–Crippen MR) is 72.0 cm³/mol. The van der Waals surface area contributed by atoms with Crippen LogP contribution < -0.4 is 0 Å². The molecule has 0 saturated heterocycles. The molecule has 2 nitrogen and oxygen atoms in total. The minimum atomic E-state index is -4.32. The molecule has 0 aromatic heterocycles. The van der Waals surface area contributed by atoms with Crippen molar-refractivity contribution in [3.8, 4) is 0 Å². The van der Waals surface area contributed by atoms with E-state index >= 15 is 0 Å². The van der Waals surface area contributed by atoms with Gasteiger partial charge in [0.15, 0.2) is 0 Å². The van der Waals surface area contributed by atoms with Gasteiger partial charge in [-0.05, 0) is 30.0 Å². The average molecular weight is 287 g/mol. The molecule has 0 saturated carbocycles. The highest BCUT2D eigenvalue weighted by Gasteiger charge is 2.29. The van der Waals surface area contributed by atoms with Gasteiger partial charge >= 0.3 is 6.18 Å². The lowest BCUT2D eigenvalue weighted by molar-refractivity contribution is -0.137. The summed E-state index contributed by atoms with van der Waals surface area (Å²) >= 11 is 0. The Balaban J connectivity index is 2.58. The van der Waals surface area contributed by atoms with Gasteiger partial charge in [0.1, 0.15) is 0 Å². The minimum Gasteiger partial charge on any atom is -0.341 e. The Morgan fingerprint density at radius 1 is 1.20 bits per heavy atom. The SMILES string of the molecule is CC(C)CCC(=O)N(C)Cc1ccc(C(F)(F)F)cc1. The molecule has 0 heterocycles. The summed E-state index contributed by atoms with van der Waals surface area (Å²) in [4.78, 5) is 13.4. The standard InChI is InChI=1S/C15H20F3NO/c1-11(2)4-9-14(20)19(3)10-12-5-7-13(8-6-12)15(16,17)18/h5-8,11H,4,9-10H2,1-3H3. The van der Waals surface area contributed by atoms with Gasteiger partial charge in [-0.1, -0.05) is 26.0 Å². The van der Waals surface area contributed by atoms with Crippen molar-refractivity contribution in [3.05, 3.63) is 35.4 Å². The lowest BCUT2D eigenvalue weighted by Crippen LogP contribution is -2.26. The highest BCUT2D eigenvalue weighted by molar-refractivity contribution is 5.75. The van der Waals surface area contributed by atoms with E-state index in [9.17, 15) is 18.0 Å². The fourth-order valence-corrected chi connectivity index (χ4v) is 1.76. The Morgan fingerprint density at radius 3 is 2.20 bits per heavy atom. The quantitative estimate of drug-likeness (QED) is 0.798. The molecule has 1 rings (SSSR count). The number of halogens is 3. The summed E-state index contributed by atoms with van der Waals surface area (Å²) in [5.74, 6) is 0.469. The number of nitrogens with zero attached hydrogens (tertiary/aromatic N) is 1. The molecule has 1 aromatic carbocycles. The molecule has 20 heavy (non-hydrogen) atoms. The number of carbonyl (C=O) groups is 1. The first-order valence-electron chi connectivity index (χ1n) is 6.60. The maximum Gasteiger partial charge on any atom is 0.416 e. The number of carbonyl (C=O) groups excluding carboxylic acids is 1. The van der Waals surface area contributed by atoms with Crippen LogP contribution in [0.5, 0.6) is 0 Å². The van der Waals surface area contributed by atoms with Gasteiger partial charge in [-0.15, -0.1) is 0 Å². The van der Waals surface area contributed by atoms with Gasteiger partial charge in [0, 0.05) is 20.0 Å². The number of hydrogen-bond acceptors (Lipinski definition) is 1. The first kappa shape index (κ1) is 16.5. The summed E-state index contributed by atoms with van der Waals surface area (Å²) < 4.78 is 37.3. The van der Waals surface area contributed by atoms with Gasteiger partial charge in [0.25, 0.3) is 0 Å². The maximum atomic E-state index is 12.4. The molecule has 0 aliphatic carbocycles. The summed E-state index contributed by atoms with van der Waals surface area (Å²) in [6.07, 6.45) is -3.04. The van der Waals surface area contributed by atoms with E-state index in [1.165, 1.54) is 12.1 Å². The van der Waals surface area contributed by atoms with Crippen LogP contribution in [0.4, 0.5) is 13.2 Å². The van der Waals surface area contributed by atoms with Crippen molar-refractivity contribution >= 4 is 5.91 Å². The average Bonchev–Trinajstić information content (AvgIpc) is 2.35. The van der Waals surface area contributed by atoms with E-state index in [1.54, 1.807) is 11.9 Å². The zero-order valence-corrected chi connectivity index (χ0v) is 12.0. The number of amides is 1. The van der Waals surface area contributed by atoms with Gasteiger partial charge in [0.2, 0.25) is 5.91 Å². The van der Waals surface area contributed by atoms with E-state index < -0.39 is 11.7 Å². The second kappa shape index (κ2) is 6.77. The van der Waals surface area contributed by atoms with Crippen molar-refractivity contribution in [2.45, 2.75) is 39.4 Å². The molecule has 0 atom stereocenters. The molecule has 0 fully saturated rings.